The van der Waals surface area contributed by atoms with Crippen molar-refractivity contribution >= 4 is 5.82 Å². The summed E-state index contributed by atoms with van der Waals surface area (Å²) in [7, 11) is 0. The topological polar surface area (TPSA) is 79.7 Å². The number of hydrogen-bond acceptors (Lipinski definition) is 4. The van der Waals surface area contributed by atoms with Crippen molar-refractivity contribution in [1.29, 1.82) is 5.26 Å². The number of aromatic nitrogens is 2. The van der Waals surface area contributed by atoms with Gasteiger partial charge in [0.1, 0.15) is 23.7 Å². The number of fused-ring (bicyclic) bond motifs is 1. The van der Waals surface area contributed by atoms with E-state index >= 15 is 0 Å². The fraction of sp³-hybridized carbons (Fsp3) is 0.0526. The summed E-state index contributed by atoms with van der Waals surface area (Å²) in [5.74, 6) is 1.15. The zero-order valence-corrected chi connectivity index (χ0v) is 12.8. The van der Waals surface area contributed by atoms with Crippen molar-refractivity contribution in [3.63, 3.8) is 0 Å². The van der Waals surface area contributed by atoms with Crippen LogP contribution < -0.4 is 11.1 Å². The van der Waals surface area contributed by atoms with E-state index in [0.29, 0.717) is 11.4 Å². The first kappa shape index (κ1) is 14.1. The molecule has 0 fully saturated rings. The molecule has 1 aliphatic heterocycles. The fourth-order valence-corrected chi connectivity index (χ4v) is 2.97. The van der Waals surface area contributed by atoms with E-state index in [4.69, 9.17) is 10.8 Å². The molecule has 3 aromatic rings. The van der Waals surface area contributed by atoms with E-state index in [0.717, 1.165) is 22.6 Å². The van der Waals surface area contributed by atoms with Gasteiger partial charge in [0.25, 0.3) is 0 Å². The minimum atomic E-state index is -0.329. The van der Waals surface area contributed by atoms with Gasteiger partial charge < -0.3 is 11.1 Å². The quantitative estimate of drug-likeness (QED) is 0.761. The van der Waals surface area contributed by atoms with Crippen LogP contribution in [0.15, 0.2) is 78.1 Å². The molecule has 1 aliphatic rings. The molecular formula is C19H15N5. The second-order valence-corrected chi connectivity index (χ2v) is 5.60. The fourth-order valence-electron chi connectivity index (χ4n) is 2.97. The molecule has 3 N–H and O–H groups in total. The van der Waals surface area contributed by atoms with Crippen LogP contribution in [-0.2, 0) is 0 Å². The second kappa shape index (κ2) is 5.60. The maximum Gasteiger partial charge on any atom is 0.131 e. The lowest BCUT2D eigenvalue weighted by atomic mass is 9.98. The Labute approximate surface area is 139 Å². The van der Waals surface area contributed by atoms with Crippen molar-refractivity contribution in [3.05, 3.63) is 83.7 Å². The molecule has 0 saturated carbocycles. The zero-order chi connectivity index (χ0) is 16.5. The first-order chi connectivity index (χ1) is 11.8. The lowest BCUT2D eigenvalue weighted by molar-refractivity contribution is 0.588. The summed E-state index contributed by atoms with van der Waals surface area (Å²) >= 11 is 0. The average molecular weight is 313 g/mol. The first-order valence-corrected chi connectivity index (χ1v) is 7.64. The number of nitriles is 1. The number of nitrogens with zero attached hydrogens (tertiary/aromatic N) is 3. The Morgan fingerprint density at radius 1 is 1.04 bits per heavy atom. The van der Waals surface area contributed by atoms with E-state index in [1.165, 1.54) is 0 Å². The van der Waals surface area contributed by atoms with Gasteiger partial charge in [-0.05, 0) is 5.56 Å². The molecule has 2 aromatic carbocycles. The lowest BCUT2D eigenvalue weighted by Gasteiger charge is -2.26. The molecule has 5 nitrogen and oxygen atoms in total. The van der Waals surface area contributed by atoms with E-state index in [9.17, 15) is 5.26 Å². The van der Waals surface area contributed by atoms with Crippen LogP contribution in [0.3, 0.4) is 0 Å². The third-order valence-electron chi connectivity index (χ3n) is 4.11. The summed E-state index contributed by atoms with van der Waals surface area (Å²) in [6.45, 7) is 0. The van der Waals surface area contributed by atoms with Crippen LogP contribution in [0.4, 0.5) is 5.82 Å². The highest BCUT2D eigenvalue weighted by atomic mass is 15.4. The summed E-state index contributed by atoms with van der Waals surface area (Å²) in [5, 5.41) is 17.4. The van der Waals surface area contributed by atoms with Crippen molar-refractivity contribution in [3.8, 4) is 17.3 Å². The minimum Gasteiger partial charge on any atom is -0.384 e. The molecule has 0 saturated heterocycles. The monoisotopic (exact) mass is 313 g/mol. The summed E-state index contributed by atoms with van der Waals surface area (Å²) in [5.41, 5.74) is 9.39. The number of hydrogen-bond donors (Lipinski definition) is 2. The molecular weight excluding hydrogens is 298 g/mol. The largest absolute Gasteiger partial charge is 0.384 e. The van der Waals surface area contributed by atoms with Crippen LogP contribution in [0.25, 0.3) is 11.3 Å². The van der Waals surface area contributed by atoms with Crippen molar-refractivity contribution in [1.82, 2.24) is 9.78 Å². The van der Waals surface area contributed by atoms with Crippen LogP contribution in [0.1, 0.15) is 11.6 Å². The zero-order valence-electron chi connectivity index (χ0n) is 12.8. The van der Waals surface area contributed by atoms with Gasteiger partial charge in [-0.2, -0.15) is 10.4 Å². The van der Waals surface area contributed by atoms with Gasteiger partial charge in [-0.1, -0.05) is 60.7 Å². The van der Waals surface area contributed by atoms with Gasteiger partial charge in [0.2, 0.25) is 0 Å². The third-order valence-corrected chi connectivity index (χ3v) is 4.11. The van der Waals surface area contributed by atoms with Crippen LogP contribution >= 0.6 is 0 Å². The van der Waals surface area contributed by atoms with Crippen LogP contribution in [0.2, 0.25) is 0 Å². The normalized spacial score (nSPS) is 16.2. The molecule has 5 heteroatoms. The highest BCUT2D eigenvalue weighted by molar-refractivity contribution is 5.66. The van der Waals surface area contributed by atoms with Crippen molar-refractivity contribution in [2.45, 2.75) is 6.04 Å². The Bertz CT molecular complexity index is 948. The molecule has 0 aliphatic carbocycles. The van der Waals surface area contributed by atoms with Crippen LogP contribution in [0, 0.1) is 11.3 Å². The predicted octanol–water partition coefficient (Wildman–Crippen LogP) is 3.26. The van der Waals surface area contributed by atoms with Crippen LogP contribution in [-0.4, -0.2) is 9.78 Å². The van der Waals surface area contributed by atoms with Gasteiger partial charge >= 0.3 is 0 Å². The minimum absolute atomic E-state index is 0.329. The Hall–Kier alpha value is -3.52. The number of allylic oxidation sites excluding steroid dienone is 1. The van der Waals surface area contributed by atoms with Crippen molar-refractivity contribution in [2.24, 2.45) is 5.73 Å². The number of nitrogens with two attached hydrogens (primary N) is 1. The maximum atomic E-state index is 9.57. The molecule has 0 spiro atoms. The molecule has 24 heavy (non-hydrogen) atoms. The predicted molar refractivity (Wildman–Crippen MR) is 92.7 cm³/mol. The van der Waals surface area contributed by atoms with Crippen molar-refractivity contribution < 1.29 is 0 Å². The Balaban J connectivity index is 1.88. The average Bonchev–Trinajstić information content (AvgIpc) is 3.05. The number of nitrogens with one attached hydrogen (secondary N) is 1. The smallest absolute Gasteiger partial charge is 0.131 e. The third kappa shape index (κ3) is 2.22. The molecule has 1 atom stereocenters. The molecule has 2 heterocycles. The SMILES string of the molecule is N#CC1=C(N)Nc2cc(-c3ccccc3)nn2C1c1ccccc1. The number of rotatable bonds is 2. The van der Waals surface area contributed by atoms with Crippen LogP contribution in [0.5, 0.6) is 0 Å². The number of anilines is 1. The van der Waals surface area contributed by atoms with Gasteiger partial charge in [0.05, 0.1) is 11.3 Å². The van der Waals surface area contributed by atoms with Gasteiger partial charge in [0, 0.05) is 11.6 Å². The molecule has 0 radical (unpaired) electrons. The summed E-state index contributed by atoms with van der Waals surface area (Å²) in [6.07, 6.45) is 0. The van der Waals surface area contributed by atoms with E-state index in [2.05, 4.69) is 11.4 Å². The Morgan fingerprint density at radius 3 is 2.38 bits per heavy atom. The molecule has 116 valence electrons. The summed E-state index contributed by atoms with van der Waals surface area (Å²) < 4.78 is 1.83. The van der Waals surface area contributed by atoms with Gasteiger partial charge in [-0.25, -0.2) is 4.68 Å². The second-order valence-electron chi connectivity index (χ2n) is 5.60. The van der Waals surface area contributed by atoms with E-state index in [1.807, 2.05) is 71.4 Å². The Morgan fingerprint density at radius 2 is 1.71 bits per heavy atom. The summed E-state index contributed by atoms with van der Waals surface area (Å²) in [4.78, 5) is 0. The molecule has 0 amide bonds. The van der Waals surface area contributed by atoms with E-state index in [-0.39, 0.29) is 6.04 Å². The highest BCUT2D eigenvalue weighted by Gasteiger charge is 2.30. The molecule has 4 rings (SSSR count). The molecule has 1 aromatic heterocycles. The Kier molecular flexibility index (Phi) is 3.29. The summed E-state index contributed by atoms with van der Waals surface area (Å²) in [6, 6.07) is 23.6. The lowest BCUT2D eigenvalue weighted by Crippen LogP contribution is -2.28. The van der Waals surface area contributed by atoms with E-state index < -0.39 is 0 Å². The molecule has 0 bridgehead atoms. The maximum absolute atomic E-state index is 9.57. The molecule has 1 unspecified atom stereocenters. The van der Waals surface area contributed by atoms with Crippen molar-refractivity contribution in [2.75, 3.05) is 5.32 Å². The van der Waals surface area contributed by atoms with E-state index in [1.54, 1.807) is 0 Å². The first-order valence-electron chi connectivity index (χ1n) is 7.64. The van der Waals surface area contributed by atoms with Gasteiger partial charge in [-0.3, -0.25) is 0 Å². The van der Waals surface area contributed by atoms with Gasteiger partial charge in [0.15, 0.2) is 0 Å². The standard InChI is InChI=1S/C19H15N5/c20-12-15-18(14-9-5-2-6-10-14)24-17(22-19(15)21)11-16(23-24)13-7-3-1-4-8-13/h1-11,18,22H,21H2. The van der Waals surface area contributed by atoms with Gasteiger partial charge in [-0.15, -0.1) is 0 Å². The highest BCUT2D eigenvalue weighted by Crippen LogP contribution is 2.36. The number of benzene rings is 2.